The molecule has 0 saturated heterocycles. The molecular weight excluding hydrogens is 144 g/mol. The fraction of sp³-hybridized carbons (Fsp3) is 0.833. The van der Waals surface area contributed by atoms with Gasteiger partial charge in [-0.3, -0.25) is 0 Å². The van der Waals surface area contributed by atoms with Crippen molar-refractivity contribution in [2.75, 3.05) is 0 Å². The van der Waals surface area contributed by atoms with E-state index in [0.29, 0.717) is 5.41 Å². The highest BCUT2D eigenvalue weighted by atomic mass is 14.2. The van der Waals surface area contributed by atoms with E-state index in [1.807, 2.05) is 0 Å². The highest BCUT2D eigenvalue weighted by Gasteiger charge is 2.18. The zero-order chi connectivity index (χ0) is 9.61. The van der Waals surface area contributed by atoms with E-state index in [4.69, 9.17) is 0 Å². The number of rotatable bonds is 5. The van der Waals surface area contributed by atoms with E-state index in [9.17, 15) is 0 Å². The first-order chi connectivity index (χ1) is 5.54. The largest absolute Gasteiger partial charge is 0.0882 e. The van der Waals surface area contributed by atoms with E-state index < -0.39 is 0 Å². The van der Waals surface area contributed by atoms with Gasteiger partial charge < -0.3 is 0 Å². The topological polar surface area (TPSA) is 0 Å². The maximum atomic E-state index is 2.35. The summed E-state index contributed by atoms with van der Waals surface area (Å²) in [7, 11) is 0. The zero-order valence-corrected chi connectivity index (χ0v) is 9.41. The van der Waals surface area contributed by atoms with Crippen LogP contribution >= 0.6 is 0 Å². The molecular formula is C12H24. The van der Waals surface area contributed by atoms with Crippen molar-refractivity contribution in [3.8, 4) is 0 Å². The number of hydrogen-bond acceptors (Lipinski definition) is 0. The molecule has 0 atom stereocenters. The first-order valence-electron chi connectivity index (χ1n) is 5.18. The highest BCUT2D eigenvalue weighted by Crippen LogP contribution is 2.31. The van der Waals surface area contributed by atoms with Gasteiger partial charge in [-0.1, -0.05) is 51.7 Å². The van der Waals surface area contributed by atoms with Gasteiger partial charge in [-0.15, -0.1) is 0 Å². The predicted octanol–water partition coefficient (Wildman–Crippen LogP) is 4.56. The lowest BCUT2D eigenvalue weighted by atomic mass is 9.80. The summed E-state index contributed by atoms with van der Waals surface area (Å²) in [6, 6.07) is 0. The van der Waals surface area contributed by atoms with Crippen LogP contribution in [0.15, 0.2) is 11.6 Å². The van der Waals surface area contributed by atoms with Crippen LogP contribution in [0.4, 0.5) is 0 Å². The molecule has 0 bridgehead atoms. The molecule has 72 valence electrons. The molecule has 0 fully saturated rings. The molecule has 0 aliphatic heterocycles. The van der Waals surface area contributed by atoms with Crippen LogP contribution in [-0.2, 0) is 0 Å². The fourth-order valence-corrected chi connectivity index (χ4v) is 1.40. The van der Waals surface area contributed by atoms with Gasteiger partial charge in [0.1, 0.15) is 0 Å². The first kappa shape index (κ1) is 11.7. The molecule has 12 heavy (non-hydrogen) atoms. The second-order valence-electron chi connectivity index (χ2n) is 4.31. The standard InChI is InChI=1S/C12H24/c1-6-8-9-10-12(4,5)11(3)7-2/h7H,6,8-10H2,1-5H3. The monoisotopic (exact) mass is 168 g/mol. The van der Waals surface area contributed by atoms with Crippen LogP contribution in [0.25, 0.3) is 0 Å². The molecule has 0 rings (SSSR count). The van der Waals surface area contributed by atoms with Crippen molar-refractivity contribution >= 4 is 0 Å². The van der Waals surface area contributed by atoms with E-state index in [0.717, 1.165) is 0 Å². The molecule has 0 heterocycles. The Labute approximate surface area is 78.1 Å². The normalized spacial score (nSPS) is 13.6. The Bertz CT molecular complexity index is 140. The van der Waals surface area contributed by atoms with Crippen molar-refractivity contribution in [3.05, 3.63) is 11.6 Å². The molecule has 0 aromatic carbocycles. The van der Waals surface area contributed by atoms with Crippen molar-refractivity contribution < 1.29 is 0 Å². The van der Waals surface area contributed by atoms with Crippen molar-refractivity contribution in [3.63, 3.8) is 0 Å². The van der Waals surface area contributed by atoms with Gasteiger partial charge in [-0.2, -0.15) is 0 Å². The molecule has 0 aromatic rings. The van der Waals surface area contributed by atoms with Crippen LogP contribution in [0, 0.1) is 5.41 Å². The van der Waals surface area contributed by atoms with E-state index in [2.05, 4.69) is 40.7 Å². The Hall–Kier alpha value is -0.260. The lowest BCUT2D eigenvalue weighted by molar-refractivity contribution is 0.386. The number of allylic oxidation sites excluding steroid dienone is 2. The summed E-state index contributed by atoms with van der Waals surface area (Å²) in [5.41, 5.74) is 1.95. The van der Waals surface area contributed by atoms with Crippen LogP contribution < -0.4 is 0 Å². The van der Waals surface area contributed by atoms with Gasteiger partial charge in [-0.25, -0.2) is 0 Å². The van der Waals surface area contributed by atoms with Gasteiger partial charge in [0.25, 0.3) is 0 Å². The first-order valence-corrected chi connectivity index (χ1v) is 5.18. The summed E-state index contributed by atoms with van der Waals surface area (Å²) < 4.78 is 0. The molecule has 0 amide bonds. The van der Waals surface area contributed by atoms with Crippen LogP contribution in [0.1, 0.15) is 60.3 Å². The number of unbranched alkanes of at least 4 members (excludes halogenated alkanes) is 2. The lowest BCUT2D eigenvalue weighted by Gasteiger charge is -2.25. The second kappa shape index (κ2) is 5.40. The summed E-state index contributed by atoms with van der Waals surface area (Å²) in [5, 5.41) is 0. The molecule has 0 aliphatic carbocycles. The SMILES string of the molecule is CC=C(C)C(C)(C)CCCCC. The molecule has 0 aromatic heterocycles. The fourth-order valence-electron chi connectivity index (χ4n) is 1.40. The van der Waals surface area contributed by atoms with E-state index >= 15 is 0 Å². The lowest BCUT2D eigenvalue weighted by Crippen LogP contribution is -2.12. The Morgan fingerprint density at radius 3 is 2.25 bits per heavy atom. The molecule has 0 N–H and O–H groups in total. The maximum absolute atomic E-state index is 2.35. The van der Waals surface area contributed by atoms with Crippen LogP contribution in [0.5, 0.6) is 0 Å². The van der Waals surface area contributed by atoms with Gasteiger partial charge in [0.15, 0.2) is 0 Å². The van der Waals surface area contributed by atoms with E-state index in [1.54, 1.807) is 0 Å². The summed E-state index contributed by atoms with van der Waals surface area (Å²) >= 11 is 0. The average molecular weight is 168 g/mol. The highest BCUT2D eigenvalue weighted by molar-refractivity contribution is 5.07. The molecule has 0 heteroatoms. The van der Waals surface area contributed by atoms with Crippen LogP contribution in [0.3, 0.4) is 0 Å². The van der Waals surface area contributed by atoms with Crippen molar-refractivity contribution in [2.45, 2.75) is 60.3 Å². The van der Waals surface area contributed by atoms with Crippen LogP contribution in [0.2, 0.25) is 0 Å². The van der Waals surface area contributed by atoms with Gasteiger partial charge >= 0.3 is 0 Å². The minimum atomic E-state index is 0.421. The third-order valence-electron chi connectivity index (χ3n) is 2.91. The van der Waals surface area contributed by atoms with Gasteiger partial charge in [-0.05, 0) is 25.7 Å². The quantitative estimate of drug-likeness (QED) is 0.417. The summed E-state index contributed by atoms with van der Waals surface area (Å²) in [5.74, 6) is 0. The Morgan fingerprint density at radius 2 is 1.83 bits per heavy atom. The van der Waals surface area contributed by atoms with Crippen molar-refractivity contribution in [1.82, 2.24) is 0 Å². The minimum Gasteiger partial charge on any atom is -0.0882 e. The van der Waals surface area contributed by atoms with Crippen LogP contribution in [-0.4, -0.2) is 0 Å². The zero-order valence-electron chi connectivity index (χ0n) is 9.41. The molecule has 0 saturated carbocycles. The van der Waals surface area contributed by atoms with Gasteiger partial charge in [0.05, 0.1) is 0 Å². The van der Waals surface area contributed by atoms with E-state index in [-0.39, 0.29) is 0 Å². The third-order valence-corrected chi connectivity index (χ3v) is 2.91. The van der Waals surface area contributed by atoms with Crippen molar-refractivity contribution in [1.29, 1.82) is 0 Å². The Morgan fingerprint density at radius 1 is 1.25 bits per heavy atom. The van der Waals surface area contributed by atoms with E-state index in [1.165, 1.54) is 31.3 Å². The summed E-state index contributed by atoms with van der Waals surface area (Å²) in [4.78, 5) is 0. The minimum absolute atomic E-state index is 0.421. The summed E-state index contributed by atoms with van der Waals surface area (Å²) in [6.07, 6.45) is 7.64. The molecule has 0 radical (unpaired) electrons. The third kappa shape index (κ3) is 3.94. The second-order valence-corrected chi connectivity index (χ2v) is 4.31. The molecule has 0 spiro atoms. The smallest absolute Gasteiger partial charge is 0.0148 e. The van der Waals surface area contributed by atoms with Crippen molar-refractivity contribution in [2.24, 2.45) is 5.41 Å². The maximum Gasteiger partial charge on any atom is -0.0148 e. The Kier molecular flexibility index (Phi) is 5.28. The summed E-state index contributed by atoms with van der Waals surface area (Å²) in [6.45, 7) is 11.3. The number of hydrogen-bond donors (Lipinski definition) is 0. The van der Waals surface area contributed by atoms with Gasteiger partial charge in [0.2, 0.25) is 0 Å². The molecule has 0 aliphatic rings. The predicted molar refractivity (Wildman–Crippen MR) is 57.4 cm³/mol. The average Bonchev–Trinajstić information content (AvgIpc) is 2.03. The molecule has 0 unspecified atom stereocenters. The van der Waals surface area contributed by atoms with Gasteiger partial charge in [0, 0.05) is 0 Å². The molecule has 0 nitrogen and oxygen atoms in total. The Balaban J connectivity index is 3.87.